The standard InChI is InChI=1S/C20H22N2O3S/c1-15-7-5-6-8-16(15)11-21-12-20(23)22(17-9-3-2-4-10-17)19-14-26(24,25)13-18(19)21/h2-10,18-19H,11-14H2,1H3/t18-,19+/m0/s1. The van der Waals surface area contributed by atoms with Crippen molar-refractivity contribution < 1.29 is 13.2 Å². The predicted molar refractivity (Wildman–Crippen MR) is 102 cm³/mol. The third-order valence-corrected chi connectivity index (χ3v) is 7.07. The van der Waals surface area contributed by atoms with Crippen LogP contribution in [0.5, 0.6) is 0 Å². The van der Waals surface area contributed by atoms with Gasteiger partial charge in [-0.1, -0.05) is 42.5 Å². The van der Waals surface area contributed by atoms with Crippen molar-refractivity contribution in [2.75, 3.05) is 23.0 Å². The molecule has 136 valence electrons. The van der Waals surface area contributed by atoms with Crippen LogP contribution in [0.4, 0.5) is 5.69 Å². The van der Waals surface area contributed by atoms with Crippen LogP contribution in [-0.2, 0) is 21.2 Å². The van der Waals surface area contributed by atoms with Gasteiger partial charge in [-0.15, -0.1) is 0 Å². The monoisotopic (exact) mass is 370 g/mol. The molecule has 0 radical (unpaired) electrons. The Bertz CT molecular complexity index is 927. The number of rotatable bonds is 3. The molecule has 2 aliphatic rings. The number of para-hydroxylation sites is 1. The maximum absolute atomic E-state index is 12.9. The molecule has 26 heavy (non-hydrogen) atoms. The van der Waals surface area contributed by atoms with Crippen LogP contribution in [0.2, 0.25) is 0 Å². The Balaban J connectivity index is 1.68. The van der Waals surface area contributed by atoms with E-state index in [2.05, 4.69) is 0 Å². The number of hydrogen-bond acceptors (Lipinski definition) is 4. The van der Waals surface area contributed by atoms with Gasteiger partial charge in [-0.25, -0.2) is 8.42 Å². The van der Waals surface area contributed by atoms with Crippen LogP contribution in [0.3, 0.4) is 0 Å². The lowest BCUT2D eigenvalue weighted by atomic mass is 10.0. The molecule has 0 N–H and O–H groups in total. The molecule has 2 aromatic carbocycles. The molecule has 5 nitrogen and oxygen atoms in total. The van der Waals surface area contributed by atoms with Crippen LogP contribution >= 0.6 is 0 Å². The van der Waals surface area contributed by atoms with Crippen LogP contribution in [0.25, 0.3) is 0 Å². The largest absolute Gasteiger partial charge is 0.306 e. The molecule has 2 aromatic rings. The summed E-state index contributed by atoms with van der Waals surface area (Å²) in [6.07, 6.45) is 0. The summed E-state index contributed by atoms with van der Waals surface area (Å²) in [5.74, 6) is 0.103. The summed E-state index contributed by atoms with van der Waals surface area (Å²) in [5, 5.41) is 0. The van der Waals surface area contributed by atoms with Crippen molar-refractivity contribution in [3.8, 4) is 0 Å². The van der Waals surface area contributed by atoms with E-state index in [0.29, 0.717) is 6.54 Å². The number of aryl methyl sites for hydroxylation is 1. The average Bonchev–Trinajstić information content (AvgIpc) is 2.93. The van der Waals surface area contributed by atoms with E-state index in [0.717, 1.165) is 16.8 Å². The topological polar surface area (TPSA) is 57.7 Å². The van der Waals surface area contributed by atoms with Crippen molar-refractivity contribution in [3.05, 3.63) is 65.7 Å². The second kappa shape index (κ2) is 6.52. The van der Waals surface area contributed by atoms with E-state index in [4.69, 9.17) is 0 Å². The second-order valence-corrected chi connectivity index (χ2v) is 9.30. The summed E-state index contributed by atoms with van der Waals surface area (Å²) < 4.78 is 24.8. The number of benzene rings is 2. The highest BCUT2D eigenvalue weighted by atomic mass is 32.2. The fourth-order valence-corrected chi connectivity index (χ4v) is 6.04. The zero-order chi connectivity index (χ0) is 18.3. The number of amides is 1. The van der Waals surface area contributed by atoms with Gasteiger partial charge in [0, 0.05) is 18.3 Å². The molecule has 1 amide bonds. The second-order valence-electron chi connectivity index (χ2n) is 7.14. The average molecular weight is 370 g/mol. The van der Waals surface area contributed by atoms with Crippen molar-refractivity contribution in [2.24, 2.45) is 0 Å². The Morgan fingerprint density at radius 3 is 2.35 bits per heavy atom. The molecule has 6 heteroatoms. The summed E-state index contributed by atoms with van der Waals surface area (Å²) in [6.45, 7) is 2.87. The first-order valence-electron chi connectivity index (χ1n) is 8.81. The number of anilines is 1. The first-order chi connectivity index (χ1) is 12.4. The highest BCUT2D eigenvalue weighted by molar-refractivity contribution is 7.91. The summed E-state index contributed by atoms with van der Waals surface area (Å²) in [4.78, 5) is 16.7. The van der Waals surface area contributed by atoms with Crippen molar-refractivity contribution in [3.63, 3.8) is 0 Å². The third kappa shape index (κ3) is 3.15. The lowest BCUT2D eigenvalue weighted by Crippen LogP contribution is -2.61. The molecule has 2 aliphatic heterocycles. The van der Waals surface area contributed by atoms with Crippen molar-refractivity contribution >= 4 is 21.4 Å². The maximum atomic E-state index is 12.9. The molecule has 0 aromatic heterocycles. The van der Waals surface area contributed by atoms with Gasteiger partial charge < -0.3 is 4.90 Å². The minimum absolute atomic E-state index is 0.0303. The number of hydrogen-bond donors (Lipinski definition) is 0. The van der Waals surface area contributed by atoms with E-state index in [9.17, 15) is 13.2 Å². The van der Waals surface area contributed by atoms with Gasteiger partial charge in [0.2, 0.25) is 5.91 Å². The smallest absolute Gasteiger partial charge is 0.241 e. The van der Waals surface area contributed by atoms with E-state index >= 15 is 0 Å². The van der Waals surface area contributed by atoms with Gasteiger partial charge in [0.25, 0.3) is 0 Å². The number of nitrogens with zero attached hydrogens (tertiary/aromatic N) is 2. The molecule has 2 atom stereocenters. The van der Waals surface area contributed by atoms with Crippen molar-refractivity contribution in [1.82, 2.24) is 4.90 Å². The zero-order valence-corrected chi connectivity index (χ0v) is 15.5. The molecule has 0 bridgehead atoms. The number of carbonyl (C=O) groups excluding carboxylic acids is 1. The number of fused-ring (bicyclic) bond motifs is 1. The highest BCUT2D eigenvalue weighted by Crippen LogP contribution is 2.32. The Morgan fingerprint density at radius 2 is 1.62 bits per heavy atom. The van der Waals surface area contributed by atoms with Crippen LogP contribution in [0.15, 0.2) is 54.6 Å². The molecule has 0 unspecified atom stereocenters. The Morgan fingerprint density at radius 1 is 0.962 bits per heavy atom. The quantitative estimate of drug-likeness (QED) is 0.829. The lowest BCUT2D eigenvalue weighted by molar-refractivity contribution is -0.123. The molecule has 2 saturated heterocycles. The van der Waals surface area contributed by atoms with E-state index < -0.39 is 9.84 Å². The summed E-state index contributed by atoms with van der Waals surface area (Å²) in [5.41, 5.74) is 3.07. The van der Waals surface area contributed by atoms with Crippen LogP contribution in [0, 0.1) is 6.92 Å². The Labute approximate surface area is 154 Å². The van der Waals surface area contributed by atoms with Crippen LogP contribution < -0.4 is 4.90 Å². The highest BCUT2D eigenvalue weighted by Gasteiger charge is 2.49. The van der Waals surface area contributed by atoms with E-state index in [1.807, 2.05) is 66.4 Å². The Hall–Kier alpha value is -2.18. The molecule has 2 fully saturated rings. The van der Waals surface area contributed by atoms with E-state index in [1.54, 1.807) is 4.90 Å². The fraction of sp³-hybridized carbons (Fsp3) is 0.350. The Kier molecular flexibility index (Phi) is 4.32. The summed E-state index contributed by atoms with van der Waals surface area (Å²) in [6, 6.07) is 16.9. The van der Waals surface area contributed by atoms with Gasteiger partial charge in [0.15, 0.2) is 9.84 Å². The number of carbonyl (C=O) groups is 1. The third-order valence-electron chi connectivity index (χ3n) is 5.37. The molecule has 0 aliphatic carbocycles. The minimum atomic E-state index is -3.16. The van der Waals surface area contributed by atoms with Gasteiger partial charge in [-0.2, -0.15) is 0 Å². The molecule has 0 spiro atoms. The molecule has 0 saturated carbocycles. The maximum Gasteiger partial charge on any atom is 0.241 e. The van der Waals surface area contributed by atoms with Gasteiger partial charge in [-0.05, 0) is 30.2 Å². The van der Waals surface area contributed by atoms with Crippen LogP contribution in [-0.4, -0.2) is 49.4 Å². The first kappa shape index (κ1) is 17.2. The normalized spacial score (nSPS) is 25.3. The first-order valence-corrected chi connectivity index (χ1v) is 10.6. The summed E-state index contributed by atoms with van der Waals surface area (Å²) in [7, 11) is -3.16. The van der Waals surface area contributed by atoms with Gasteiger partial charge in [-0.3, -0.25) is 9.69 Å². The van der Waals surface area contributed by atoms with Gasteiger partial charge >= 0.3 is 0 Å². The molecule has 2 heterocycles. The molecule has 4 rings (SSSR count). The summed E-state index contributed by atoms with van der Waals surface area (Å²) >= 11 is 0. The lowest BCUT2D eigenvalue weighted by Gasteiger charge is -2.43. The van der Waals surface area contributed by atoms with Crippen molar-refractivity contribution in [2.45, 2.75) is 25.6 Å². The van der Waals surface area contributed by atoms with E-state index in [-0.39, 0.29) is 36.0 Å². The molecular formula is C20H22N2O3S. The number of sulfone groups is 1. The van der Waals surface area contributed by atoms with Gasteiger partial charge in [0.05, 0.1) is 24.1 Å². The zero-order valence-electron chi connectivity index (χ0n) is 14.7. The fourth-order valence-electron chi connectivity index (χ4n) is 4.06. The SMILES string of the molecule is Cc1ccccc1CN1CC(=O)N(c2ccccc2)[C@@H]2CS(=O)(=O)C[C@@H]21. The minimum Gasteiger partial charge on any atom is -0.306 e. The predicted octanol–water partition coefficient (Wildman–Crippen LogP) is 2.01. The molecular weight excluding hydrogens is 348 g/mol. The van der Waals surface area contributed by atoms with Gasteiger partial charge in [0.1, 0.15) is 0 Å². The van der Waals surface area contributed by atoms with E-state index in [1.165, 1.54) is 0 Å². The van der Waals surface area contributed by atoms with Crippen molar-refractivity contribution in [1.29, 1.82) is 0 Å². The number of piperazine rings is 1. The van der Waals surface area contributed by atoms with Crippen LogP contribution in [0.1, 0.15) is 11.1 Å².